The summed E-state index contributed by atoms with van der Waals surface area (Å²) in [5, 5.41) is 3.41. The monoisotopic (exact) mass is 260 g/mol. The molecule has 17 heavy (non-hydrogen) atoms. The molecule has 2 fully saturated rings. The van der Waals surface area contributed by atoms with Gasteiger partial charge in [-0.1, -0.05) is 6.92 Å². The van der Waals surface area contributed by atoms with Gasteiger partial charge in [0.25, 0.3) is 0 Å². The van der Waals surface area contributed by atoms with E-state index < -0.39 is 9.84 Å². The van der Waals surface area contributed by atoms with E-state index >= 15 is 0 Å². The molecular formula is C12H24N2O2S. The molecule has 0 radical (unpaired) electrons. The fraction of sp³-hybridized carbons (Fsp3) is 1.00. The highest BCUT2D eigenvalue weighted by Gasteiger charge is 2.33. The largest absolute Gasteiger partial charge is 0.317 e. The van der Waals surface area contributed by atoms with Crippen LogP contribution in [0.15, 0.2) is 0 Å². The predicted molar refractivity (Wildman–Crippen MR) is 69.9 cm³/mol. The van der Waals surface area contributed by atoms with Gasteiger partial charge in [0.05, 0.1) is 11.5 Å². The van der Waals surface area contributed by atoms with Gasteiger partial charge in [0, 0.05) is 19.6 Å². The Hall–Kier alpha value is -0.130. The third-order valence-electron chi connectivity index (χ3n) is 4.41. The SMILES string of the molecule is CCC1(CN2CCS(=O)(=O)CC2)CCNCC1. The first-order valence-electron chi connectivity index (χ1n) is 6.69. The summed E-state index contributed by atoms with van der Waals surface area (Å²) < 4.78 is 22.8. The van der Waals surface area contributed by atoms with Crippen LogP contribution in [0, 0.1) is 5.41 Å². The second kappa shape index (κ2) is 5.24. The quantitative estimate of drug-likeness (QED) is 0.803. The van der Waals surface area contributed by atoms with Gasteiger partial charge in [0.15, 0.2) is 9.84 Å². The lowest BCUT2D eigenvalue weighted by Gasteiger charge is -2.42. The Labute approximate surface area is 105 Å². The third kappa shape index (κ3) is 3.42. The lowest BCUT2D eigenvalue weighted by atomic mass is 9.76. The summed E-state index contributed by atoms with van der Waals surface area (Å²) in [7, 11) is -2.74. The average molecular weight is 260 g/mol. The van der Waals surface area contributed by atoms with Crippen molar-refractivity contribution in [1.82, 2.24) is 10.2 Å². The van der Waals surface area contributed by atoms with Crippen LogP contribution < -0.4 is 5.32 Å². The van der Waals surface area contributed by atoms with E-state index in [0.29, 0.717) is 16.9 Å². The zero-order valence-corrected chi connectivity index (χ0v) is 11.6. The zero-order chi connectivity index (χ0) is 12.4. The average Bonchev–Trinajstić information content (AvgIpc) is 2.33. The van der Waals surface area contributed by atoms with Gasteiger partial charge >= 0.3 is 0 Å². The van der Waals surface area contributed by atoms with Gasteiger partial charge in [-0.3, -0.25) is 0 Å². The van der Waals surface area contributed by atoms with Crippen molar-refractivity contribution in [3.8, 4) is 0 Å². The minimum Gasteiger partial charge on any atom is -0.317 e. The van der Waals surface area contributed by atoms with Crippen LogP contribution in [0.5, 0.6) is 0 Å². The minimum absolute atomic E-state index is 0.352. The van der Waals surface area contributed by atoms with Crippen molar-refractivity contribution in [3.05, 3.63) is 0 Å². The fourth-order valence-corrected chi connectivity index (χ4v) is 4.24. The second-order valence-corrected chi connectivity index (χ2v) is 7.84. The zero-order valence-electron chi connectivity index (χ0n) is 10.7. The van der Waals surface area contributed by atoms with E-state index in [0.717, 1.165) is 32.7 Å². The second-order valence-electron chi connectivity index (χ2n) is 5.53. The van der Waals surface area contributed by atoms with Crippen LogP contribution in [0.4, 0.5) is 0 Å². The molecule has 0 aromatic carbocycles. The van der Waals surface area contributed by atoms with Crippen LogP contribution >= 0.6 is 0 Å². The molecule has 0 aromatic heterocycles. The maximum atomic E-state index is 11.4. The summed E-state index contributed by atoms with van der Waals surface area (Å²) in [6.07, 6.45) is 3.66. The summed E-state index contributed by atoms with van der Waals surface area (Å²) in [6.45, 7) is 7.04. The molecule has 2 aliphatic rings. The van der Waals surface area contributed by atoms with Gasteiger partial charge in [-0.05, 0) is 37.8 Å². The molecule has 0 spiro atoms. The highest BCUT2D eigenvalue weighted by molar-refractivity contribution is 7.91. The topological polar surface area (TPSA) is 49.4 Å². The Morgan fingerprint density at radius 3 is 2.29 bits per heavy atom. The summed E-state index contributed by atoms with van der Waals surface area (Å²) in [5.41, 5.74) is 0.423. The summed E-state index contributed by atoms with van der Waals surface area (Å²) in [6, 6.07) is 0. The van der Waals surface area contributed by atoms with E-state index in [2.05, 4.69) is 17.1 Å². The van der Waals surface area contributed by atoms with Crippen molar-refractivity contribution >= 4 is 9.84 Å². The molecule has 2 saturated heterocycles. The summed E-state index contributed by atoms with van der Waals surface area (Å²) in [4.78, 5) is 2.36. The molecular weight excluding hydrogens is 236 g/mol. The number of sulfone groups is 1. The van der Waals surface area contributed by atoms with Crippen molar-refractivity contribution in [2.45, 2.75) is 26.2 Å². The molecule has 2 aliphatic heterocycles. The first kappa shape index (κ1) is 13.3. The summed E-state index contributed by atoms with van der Waals surface area (Å²) in [5.74, 6) is 0.704. The van der Waals surface area contributed by atoms with Crippen LogP contribution in [0.2, 0.25) is 0 Å². The minimum atomic E-state index is -2.74. The van der Waals surface area contributed by atoms with Gasteiger partial charge < -0.3 is 10.2 Å². The lowest BCUT2D eigenvalue weighted by Crippen LogP contribution is -2.49. The smallest absolute Gasteiger partial charge is 0.152 e. The number of hydrogen-bond donors (Lipinski definition) is 1. The molecule has 0 amide bonds. The highest BCUT2D eigenvalue weighted by Crippen LogP contribution is 2.33. The fourth-order valence-electron chi connectivity index (χ4n) is 2.96. The molecule has 0 atom stereocenters. The number of nitrogens with zero attached hydrogens (tertiary/aromatic N) is 1. The van der Waals surface area contributed by atoms with Gasteiger partial charge in [-0.15, -0.1) is 0 Å². The Bertz CT molecular complexity index is 334. The van der Waals surface area contributed by atoms with Crippen LogP contribution in [-0.4, -0.2) is 57.5 Å². The Balaban J connectivity index is 1.91. The Morgan fingerprint density at radius 1 is 1.18 bits per heavy atom. The number of piperidine rings is 1. The first-order valence-corrected chi connectivity index (χ1v) is 8.51. The van der Waals surface area contributed by atoms with Crippen molar-refractivity contribution in [2.75, 3.05) is 44.2 Å². The van der Waals surface area contributed by atoms with Crippen molar-refractivity contribution < 1.29 is 8.42 Å². The lowest BCUT2D eigenvalue weighted by molar-refractivity contribution is 0.112. The first-order chi connectivity index (χ1) is 8.05. The van der Waals surface area contributed by atoms with Crippen LogP contribution in [0.1, 0.15) is 26.2 Å². The molecule has 0 aliphatic carbocycles. The Morgan fingerprint density at radius 2 is 1.76 bits per heavy atom. The molecule has 2 heterocycles. The molecule has 1 N–H and O–H groups in total. The van der Waals surface area contributed by atoms with Crippen LogP contribution in [-0.2, 0) is 9.84 Å². The molecule has 0 aromatic rings. The number of nitrogens with one attached hydrogen (secondary N) is 1. The molecule has 0 saturated carbocycles. The highest BCUT2D eigenvalue weighted by atomic mass is 32.2. The summed E-state index contributed by atoms with van der Waals surface area (Å²) >= 11 is 0. The van der Waals surface area contributed by atoms with E-state index in [9.17, 15) is 8.42 Å². The number of hydrogen-bond acceptors (Lipinski definition) is 4. The van der Waals surface area contributed by atoms with Gasteiger partial charge in [0.2, 0.25) is 0 Å². The van der Waals surface area contributed by atoms with Gasteiger partial charge in [0.1, 0.15) is 0 Å². The van der Waals surface area contributed by atoms with Crippen LogP contribution in [0.3, 0.4) is 0 Å². The molecule has 4 nitrogen and oxygen atoms in total. The molecule has 5 heteroatoms. The molecule has 0 unspecified atom stereocenters. The van der Waals surface area contributed by atoms with Crippen molar-refractivity contribution in [1.29, 1.82) is 0 Å². The standard InChI is InChI=1S/C12H24N2O2S/c1-2-12(3-5-13-6-4-12)11-14-7-9-17(15,16)10-8-14/h13H,2-11H2,1H3. The van der Waals surface area contributed by atoms with E-state index in [1.54, 1.807) is 0 Å². The van der Waals surface area contributed by atoms with E-state index in [-0.39, 0.29) is 0 Å². The molecule has 2 rings (SSSR count). The van der Waals surface area contributed by atoms with Crippen LogP contribution in [0.25, 0.3) is 0 Å². The Kier molecular flexibility index (Phi) is 4.10. The molecule has 100 valence electrons. The maximum absolute atomic E-state index is 11.4. The van der Waals surface area contributed by atoms with Gasteiger partial charge in [-0.25, -0.2) is 8.42 Å². The maximum Gasteiger partial charge on any atom is 0.152 e. The van der Waals surface area contributed by atoms with Crippen molar-refractivity contribution in [2.24, 2.45) is 5.41 Å². The van der Waals surface area contributed by atoms with E-state index in [4.69, 9.17) is 0 Å². The van der Waals surface area contributed by atoms with E-state index in [1.807, 2.05) is 0 Å². The number of rotatable bonds is 3. The van der Waals surface area contributed by atoms with Gasteiger partial charge in [-0.2, -0.15) is 0 Å². The molecule has 0 bridgehead atoms. The normalized spacial score (nSPS) is 29.0. The van der Waals surface area contributed by atoms with E-state index in [1.165, 1.54) is 19.3 Å². The predicted octanol–water partition coefficient (Wildman–Crippen LogP) is 0.497. The van der Waals surface area contributed by atoms with Crippen molar-refractivity contribution in [3.63, 3.8) is 0 Å². The third-order valence-corrected chi connectivity index (χ3v) is 6.02.